The van der Waals surface area contributed by atoms with Crippen LogP contribution in [0.5, 0.6) is 0 Å². The molecule has 1 aromatic carbocycles. The SMILES string of the molecule is O=C(c1cncc(N[C@H]2CCC[C@H]2Cc2ccc(F)cc2)n1)N1CCCC1. The first-order valence-electron chi connectivity index (χ1n) is 9.81. The number of carbonyl (C=O) groups is 1. The molecule has 27 heavy (non-hydrogen) atoms. The minimum Gasteiger partial charge on any atom is -0.366 e. The van der Waals surface area contributed by atoms with E-state index in [1.807, 2.05) is 17.0 Å². The van der Waals surface area contributed by atoms with Crippen molar-refractivity contribution in [2.75, 3.05) is 18.4 Å². The van der Waals surface area contributed by atoms with Crippen LogP contribution < -0.4 is 5.32 Å². The molecular weight excluding hydrogens is 343 g/mol. The van der Waals surface area contributed by atoms with E-state index in [1.165, 1.54) is 12.1 Å². The molecule has 1 aliphatic heterocycles. The molecule has 4 rings (SSSR count). The van der Waals surface area contributed by atoms with E-state index in [-0.39, 0.29) is 11.7 Å². The first-order valence-corrected chi connectivity index (χ1v) is 9.81. The van der Waals surface area contributed by atoms with Crippen LogP contribution in [-0.4, -0.2) is 39.9 Å². The first kappa shape index (κ1) is 17.9. The number of likely N-dealkylation sites (tertiary alicyclic amines) is 1. The van der Waals surface area contributed by atoms with Crippen molar-refractivity contribution in [1.82, 2.24) is 14.9 Å². The Kier molecular flexibility index (Phi) is 5.32. The number of halogens is 1. The summed E-state index contributed by atoms with van der Waals surface area (Å²) in [5.74, 6) is 0.902. The number of hydrogen-bond acceptors (Lipinski definition) is 4. The van der Waals surface area contributed by atoms with Gasteiger partial charge >= 0.3 is 0 Å². The van der Waals surface area contributed by atoms with Gasteiger partial charge in [-0.25, -0.2) is 9.37 Å². The summed E-state index contributed by atoms with van der Waals surface area (Å²) in [6, 6.07) is 7.05. The van der Waals surface area contributed by atoms with Gasteiger partial charge in [0.1, 0.15) is 17.3 Å². The molecule has 2 heterocycles. The molecule has 6 heteroatoms. The molecule has 2 aromatic rings. The Morgan fingerprint density at radius 3 is 2.67 bits per heavy atom. The largest absolute Gasteiger partial charge is 0.366 e. The van der Waals surface area contributed by atoms with E-state index < -0.39 is 0 Å². The Morgan fingerprint density at radius 2 is 1.89 bits per heavy atom. The molecule has 2 aliphatic rings. The maximum Gasteiger partial charge on any atom is 0.274 e. The Morgan fingerprint density at radius 1 is 1.11 bits per heavy atom. The number of carbonyl (C=O) groups excluding carboxylic acids is 1. The minimum atomic E-state index is -0.199. The molecule has 0 spiro atoms. The number of nitrogens with zero attached hydrogens (tertiary/aromatic N) is 3. The fraction of sp³-hybridized carbons (Fsp3) is 0.476. The maximum atomic E-state index is 13.1. The van der Waals surface area contributed by atoms with Crippen LogP contribution in [0.2, 0.25) is 0 Å². The molecule has 1 amide bonds. The fourth-order valence-corrected chi connectivity index (χ4v) is 4.21. The third-order valence-electron chi connectivity index (χ3n) is 5.65. The lowest BCUT2D eigenvalue weighted by atomic mass is 9.94. The van der Waals surface area contributed by atoms with Crippen molar-refractivity contribution in [2.24, 2.45) is 5.92 Å². The highest BCUT2D eigenvalue weighted by Crippen LogP contribution is 2.31. The van der Waals surface area contributed by atoms with Gasteiger partial charge in [0.2, 0.25) is 0 Å². The first-order chi connectivity index (χ1) is 13.2. The number of aromatic nitrogens is 2. The van der Waals surface area contributed by atoms with E-state index in [0.717, 1.165) is 57.2 Å². The van der Waals surface area contributed by atoms with Crippen molar-refractivity contribution < 1.29 is 9.18 Å². The summed E-state index contributed by atoms with van der Waals surface area (Å²) in [7, 11) is 0. The van der Waals surface area contributed by atoms with Gasteiger partial charge in [0, 0.05) is 19.1 Å². The second-order valence-corrected chi connectivity index (χ2v) is 7.56. The van der Waals surface area contributed by atoms with E-state index in [4.69, 9.17) is 0 Å². The van der Waals surface area contributed by atoms with Gasteiger partial charge in [0.25, 0.3) is 5.91 Å². The molecule has 1 aliphatic carbocycles. The topological polar surface area (TPSA) is 58.1 Å². The summed E-state index contributed by atoms with van der Waals surface area (Å²) < 4.78 is 13.1. The molecule has 0 unspecified atom stereocenters. The number of nitrogens with one attached hydrogen (secondary N) is 1. The third-order valence-corrected chi connectivity index (χ3v) is 5.65. The summed E-state index contributed by atoms with van der Waals surface area (Å²) in [5, 5.41) is 3.49. The zero-order chi connectivity index (χ0) is 18.6. The average Bonchev–Trinajstić information content (AvgIpc) is 3.36. The normalized spacial score (nSPS) is 22.2. The predicted molar refractivity (Wildman–Crippen MR) is 102 cm³/mol. The number of hydrogen-bond donors (Lipinski definition) is 1. The summed E-state index contributed by atoms with van der Waals surface area (Å²) >= 11 is 0. The number of rotatable bonds is 5. The molecule has 1 saturated heterocycles. The highest BCUT2D eigenvalue weighted by atomic mass is 19.1. The molecule has 1 aromatic heterocycles. The molecule has 1 N–H and O–H groups in total. The van der Waals surface area contributed by atoms with Gasteiger partial charge in [0.05, 0.1) is 12.4 Å². The van der Waals surface area contributed by atoms with Gasteiger partial charge in [-0.1, -0.05) is 18.6 Å². The van der Waals surface area contributed by atoms with Crippen LogP contribution in [0, 0.1) is 11.7 Å². The lowest BCUT2D eigenvalue weighted by Gasteiger charge is -2.22. The highest BCUT2D eigenvalue weighted by molar-refractivity contribution is 5.92. The predicted octanol–water partition coefficient (Wildman–Crippen LogP) is 3.68. The smallest absolute Gasteiger partial charge is 0.274 e. The van der Waals surface area contributed by atoms with Crippen molar-refractivity contribution in [3.63, 3.8) is 0 Å². The van der Waals surface area contributed by atoms with E-state index in [9.17, 15) is 9.18 Å². The van der Waals surface area contributed by atoms with E-state index in [2.05, 4.69) is 15.3 Å². The average molecular weight is 368 g/mol. The van der Waals surface area contributed by atoms with Crippen molar-refractivity contribution >= 4 is 11.7 Å². The summed E-state index contributed by atoms with van der Waals surface area (Å²) in [4.78, 5) is 23.1. The van der Waals surface area contributed by atoms with Crippen LogP contribution in [0.4, 0.5) is 10.2 Å². The third kappa shape index (κ3) is 4.26. The van der Waals surface area contributed by atoms with E-state index >= 15 is 0 Å². The maximum absolute atomic E-state index is 13.1. The van der Waals surface area contributed by atoms with Crippen molar-refractivity contribution in [1.29, 1.82) is 0 Å². The van der Waals surface area contributed by atoms with Gasteiger partial charge in [-0.05, 0) is 55.7 Å². The van der Waals surface area contributed by atoms with Gasteiger partial charge in [-0.3, -0.25) is 9.78 Å². The Balaban J connectivity index is 1.42. The summed E-state index contributed by atoms with van der Waals surface area (Å²) in [5.41, 5.74) is 1.56. The zero-order valence-corrected chi connectivity index (χ0v) is 15.4. The quantitative estimate of drug-likeness (QED) is 0.875. The molecule has 0 radical (unpaired) electrons. The van der Waals surface area contributed by atoms with Gasteiger partial charge in [-0.15, -0.1) is 0 Å². The molecule has 5 nitrogen and oxygen atoms in total. The summed E-state index contributed by atoms with van der Waals surface area (Å²) in [6.07, 6.45) is 9.63. The van der Waals surface area contributed by atoms with Gasteiger partial charge in [-0.2, -0.15) is 0 Å². The van der Waals surface area contributed by atoms with Gasteiger partial charge in [0.15, 0.2) is 0 Å². The lowest BCUT2D eigenvalue weighted by Crippen LogP contribution is -2.30. The number of benzene rings is 1. The number of amides is 1. The van der Waals surface area contributed by atoms with Crippen LogP contribution >= 0.6 is 0 Å². The fourth-order valence-electron chi connectivity index (χ4n) is 4.21. The summed E-state index contributed by atoms with van der Waals surface area (Å²) in [6.45, 7) is 1.61. The van der Waals surface area contributed by atoms with Gasteiger partial charge < -0.3 is 10.2 Å². The standard InChI is InChI=1S/C21H25FN4O/c22-17-8-6-15(7-9-17)12-16-4-3-5-18(16)24-20-14-23-13-19(25-20)21(27)26-10-1-2-11-26/h6-9,13-14,16,18H,1-5,10-12H2,(H,24,25)/t16-,18-/m0/s1. The second-order valence-electron chi connectivity index (χ2n) is 7.56. The van der Waals surface area contributed by atoms with E-state index in [1.54, 1.807) is 12.4 Å². The van der Waals surface area contributed by atoms with Crippen molar-refractivity contribution in [3.05, 3.63) is 53.7 Å². The van der Waals surface area contributed by atoms with Crippen molar-refractivity contribution in [2.45, 2.75) is 44.6 Å². The van der Waals surface area contributed by atoms with Crippen LogP contribution in [0.25, 0.3) is 0 Å². The van der Waals surface area contributed by atoms with E-state index in [0.29, 0.717) is 23.5 Å². The van der Waals surface area contributed by atoms with Crippen LogP contribution in [-0.2, 0) is 6.42 Å². The monoisotopic (exact) mass is 368 g/mol. The molecule has 1 saturated carbocycles. The van der Waals surface area contributed by atoms with Crippen molar-refractivity contribution in [3.8, 4) is 0 Å². The zero-order valence-electron chi connectivity index (χ0n) is 15.4. The molecule has 2 atom stereocenters. The molecule has 0 bridgehead atoms. The highest BCUT2D eigenvalue weighted by Gasteiger charge is 2.28. The minimum absolute atomic E-state index is 0.0297. The van der Waals surface area contributed by atoms with Crippen LogP contribution in [0.3, 0.4) is 0 Å². The number of anilines is 1. The molecular formula is C21H25FN4O. The Labute approximate surface area is 159 Å². The van der Waals surface area contributed by atoms with Crippen LogP contribution in [0.1, 0.15) is 48.2 Å². The lowest BCUT2D eigenvalue weighted by molar-refractivity contribution is 0.0786. The Bertz CT molecular complexity index is 789. The second kappa shape index (κ2) is 8.03. The molecule has 142 valence electrons. The molecule has 2 fully saturated rings. The Hall–Kier alpha value is -2.50. The van der Waals surface area contributed by atoms with Crippen LogP contribution in [0.15, 0.2) is 36.7 Å².